The van der Waals surface area contributed by atoms with Crippen molar-refractivity contribution >= 4 is 23.2 Å². The van der Waals surface area contributed by atoms with Gasteiger partial charge in [0.1, 0.15) is 0 Å². The molecule has 1 saturated heterocycles. The van der Waals surface area contributed by atoms with Gasteiger partial charge in [-0.3, -0.25) is 14.5 Å². The van der Waals surface area contributed by atoms with Crippen LogP contribution in [0.15, 0.2) is 16.8 Å². The molecule has 2 rings (SSSR count). The summed E-state index contributed by atoms with van der Waals surface area (Å²) >= 11 is 1.63. The molecule has 1 aromatic heterocycles. The van der Waals surface area contributed by atoms with E-state index in [1.807, 2.05) is 30.7 Å². The number of nitrogens with one attached hydrogen (secondary N) is 1. The average Bonchev–Trinajstić information content (AvgIpc) is 2.95. The molecule has 2 atom stereocenters. The van der Waals surface area contributed by atoms with E-state index in [1.165, 1.54) is 4.90 Å². The Morgan fingerprint density at radius 2 is 2.33 bits per heavy atom. The fourth-order valence-corrected chi connectivity index (χ4v) is 2.76. The number of nitrogens with zero attached hydrogens (tertiary/aromatic N) is 1. The quantitative estimate of drug-likeness (QED) is 0.826. The highest BCUT2D eigenvalue weighted by atomic mass is 32.1. The molecule has 1 fully saturated rings. The van der Waals surface area contributed by atoms with Gasteiger partial charge in [0.05, 0.1) is 12.5 Å². The van der Waals surface area contributed by atoms with Crippen molar-refractivity contribution in [1.29, 1.82) is 0 Å². The van der Waals surface area contributed by atoms with Crippen molar-refractivity contribution in [3.05, 3.63) is 22.4 Å². The van der Waals surface area contributed by atoms with Crippen LogP contribution in [0.1, 0.15) is 32.3 Å². The predicted molar refractivity (Wildman–Crippen MR) is 71.2 cm³/mol. The van der Waals surface area contributed by atoms with Crippen molar-refractivity contribution in [3.8, 4) is 0 Å². The first-order valence-corrected chi connectivity index (χ1v) is 7.18. The zero-order valence-corrected chi connectivity index (χ0v) is 11.5. The van der Waals surface area contributed by atoms with E-state index in [2.05, 4.69) is 5.32 Å². The molecule has 0 aliphatic carbocycles. The van der Waals surface area contributed by atoms with Crippen LogP contribution < -0.4 is 5.32 Å². The molecule has 0 aromatic carbocycles. The van der Waals surface area contributed by atoms with Gasteiger partial charge in [-0.05, 0) is 35.7 Å². The van der Waals surface area contributed by atoms with Crippen LogP contribution in [0.5, 0.6) is 0 Å². The number of thiophene rings is 1. The molecular formula is C13H18N2O2S. The third-order valence-electron chi connectivity index (χ3n) is 3.35. The molecule has 0 bridgehead atoms. The number of hydrogen-bond donors (Lipinski definition) is 1. The van der Waals surface area contributed by atoms with Crippen LogP contribution in [-0.4, -0.2) is 28.8 Å². The van der Waals surface area contributed by atoms with E-state index in [4.69, 9.17) is 0 Å². The van der Waals surface area contributed by atoms with E-state index in [0.29, 0.717) is 6.54 Å². The van der Waals surface area contributed by atoms with Gasteiger partial charge in [0, 0.05) is 12.6 Å². The van der Waals surface area contributed by atoms with Crippen LogP contribution in [0.3, 0.4) is 0 Å². The summed E-state index contributed by atoms with van der Waals surface area (Å²) in [5.41, 5.74) is 1.15. The molecular weight excluding hydrogens is 248 g/mol. The van der Waals surface area contributed by atoms with E-state index in [0.717, 1.165) is 12.0 Å². The second kappa shape index (κ2) is 5.63. The zero-order chi connectivity index (χ0) is 13.1. The van der Waals surface area contributed by atoms with E-state index in [1.54, 1.807) is 11.3 Å². The molecule has 1 N–H and O–H groups in total. The number of hydrogen-bond acceptors (Lipinski definition) is 4. The van der Waals surface area contributed by atoms with Gasteiger partial charge in [0.25, 0.3) is 0 Å². The number of carbonyl (C=O) groups is 2. The summed E-state index contributed by atoms with van der Waals surface area (Å²) in [4.78, 5) is 25.4. The molecule has 0 spiro atoms. The fourth-order valence-electron chi connectivity index (χ4n) is 2.09. The minimum Gasteiger partial charge on any atom is -0.301 e. The number of amides is 2. The van der Waals surface area contributed by atoms with Crippen LogP contribution in [0.4, 0.5) is 0 Å². The zero-order valence-electron chi connectivity index (χ0n) is 10.7. The first kappa shape index (κ1) is 13.2. The Hall–Kier alpha value is -1.20. The smallest absolute Gasteiger partial charge is 0.247 e. The lowest BCUT2D eigenvalue weighted by atomic mass is 10.2. The Morgan fingerprint density at radius 1 is 1.56 bits per heavy atom. The lowest BCUT2D eigenvalue weighted by Crippen LogP contribution is -2.42. The highest BCUT2D eigenvalue weighted by Crippen LogP contribution is 2.18. The molecule has 1 aliphatic heterocycles. The molecule has 0 radical (unpaired) electrons. The van der Waals surface area contributed by atoms with Gasteiger partial charge in [-0.2, -0.15) is 11.3 Å². The topological polar surface area (TPSA) is 49.4 Å². The maximum atomic E-state index is 12.1. The van der Waals surface area contributed by atoms with E-state index in [-0.39, 0.29) is 30.3 Å². The maximum Gasteiger partial charge on any atom is 0.247 e. The molecule has 2 amide bonds. The van der Waals surface area contributed by atoms with E-state index < -0.39 is 0 Å². The van der Waals surface area contributed by atoms with Crippen molar-refractivity contribution in [2.75, 3.05) is 0 Å². The summed E-state index contributed by atoms with van der Waals surface area (Å²) in [6, 6.07) is 1.66. The third kappa shape index (κ3) is 2.62. The van der Waals surface area contributed by atoms with E-state index in [9.17, 15) is 9.59 Å². The first-order chi connectivity index (χ1) is 8.63. The Bertz CT molecular complexity index is 430. The summed E-state index contributed by atoms with van der Waals surface area (Å²) in [6.45, 7) is 4.54. The number of carbonyl (C=O) groups excluding carboxylic acids is 2. The Morgan fingerprint density at radius 3 is 2.94 bits per heavy atom. The minimum atomic E-state index is -0.355. The molecule has 5 heteroatoms. The number of likely N-dealkylation sites (tertiary alicyclic amines) is 1. The second-order valence-electron chi connectivity index (χ2n) is 4.63. The fraction of sp³-hybridized carbons (Fsp3) is 0.538. The average molecular weight is 266 g/mol. The third-order valence-corrected chi connectivity index (χ3v) is 4.08. The number of imide groups is 1. The Labute approximate surface area is 111 Å². The van der Waals surface area contributed by atoms with Crippen LogP contribution in [-0.2, 0) is 16.1 Å². The molecule has 0 saturated carbocycles. The molecule has 1 aliphatic rings. The van der Waals surface area contributed by atoms with Crippen molar-refractivity contribution in [1.82, 2.24) is 10.2 Å². The first-order valence-electron chi connectivity index (χ1n) is 6.23. The van der Waals surface area contributed by atoms with Gasteiger partial charge in [-0.25, -0.2) is 0 Å². The van der Waals surface area contributed by atoms with Gasteiger partial charge in [0.2, 0.25) is 11.8 Å². The summed E-state index contributed by atoms with van der Waals surface area (Å²) < 4.78 is 0. The van der Waals surface area contributed by atoms with Gasteiger partial charge in [0.15, 0.2) is 0 Å². The van der Waals surface area contributed by atoms with Crippen molar-refractivity contribution < 1.29 is 9.59 Å². The summed E-state index contributed by atoms with van der Waals surface area (Å²) in [5, 5.41) is 7.21. The molecule has 98 valence electrons. The van der Waals surface area contributed by atoms with Gasteiger partial charge in [-0.15, -0.1) is 0 Å². The van der Waals surface area contributed by atoms with Crippen molar-refractivity contribution in [3.63, 3.8) is 0 Å². The highest BCUT2D eigenvalue weighted by molar-refractivity contribution is 7.07. The summed E-state index contributed by atoms with van der Waals surface area (Å²) in [7, 11) is 0. The van der Waals surface area contributed by atoms with Crippen molar-refractivity contribution in [2.24, 2.45) is 0 Å². The van der Waals surface area contributed by atoms with E-state index >= 15 is 0 Å². The van der Waals surface area contributed by atoms with Crippen molar-refractivity contribution in [2.45, 2.75) is 45.3 Å². The van der Waals surface area contributed by atoms with Gasteiger partial charge >= 0.3 is 0 Å². The normalized spacial score (nSPS) is 21.7. The molecule has 18 heavy (non-hydrogen) atoms. The number of rotatable bonds is 5. The molecule has 2 unspecified atom stereocenters. The van der Waals surface area contributed by atoms with Gasteiger partial charge < -0.3 is 5.32 Å². The monoisotopic (exact) mass is 266 g/mol. The van der Waals surface area contributed by atoms with Crippen LogP contribution >= 0.6 is 11.3 Å². The Kier molecular flexibility index (Phi) is 4.14. The minimum absolute atomic E-state index is 0.00190. The lowest BCUT2D eigenvalue weighted by Gasteiger charge is -2.21. The molecule has 2 heterocycles. The highest BCUT2D eigenvalue weighted by Gasteiger charge is 2.40. The second-order valence-corrected chi connectivity index (χ2v) is 5.41. The van der Waals surface area contributed by atoms with Crippen LogP contribution in [0.2, 0.25) is 0 Å². The molecule has 4 nitrogen and oxygen atoms in total. The van der Waals surface area contributed by atoms with Gasteiger partial charge in [-0.1, -0.05) is 6.92 Å². The largest absolute Gasteiger partial charge is 0.301 e. The maximum absolute atomic E-state index is 12.1. The van der Waals surface area contributed by atoms with Crippen LogP contribution in [0.25, 0.3) is 0 Å². The Balaban J connectivity index is 1.95. The lowest BCUT2D eigenvalue weighted by molar-refractivity contribution is -0.141. The standard InChI is InChI=1S/C13H18N2O2S/c1-3-9(2)15-12(16)6-11(13(15)17)14-7-10-4-5-18-8-10/h4-5,8-9,11,14H,3,6-7H2,1-2H3. The van der Waals surface area contributed by atoms with Crippen LogP contribution in [0, 0.1) is 0 Å². The molecule has 1 aromatic rings. The summed E-state index contributed by atoms with van der Waals surface area (Å²) in [6.07, 6.45) is 1.09. The predicted octanol–water partition coefficient (Wildman–Crippen LogP) is 1.76. The SMILES string of the molecule is CCC(C)N1C(=O)CC(NCc2ccsc2)C1=O. The summed E-state index contributed by atoms with van der Waals surface area (Å²) in [5.74, 6) is -0.137.